The van der Waals surface area contributed by atoms with E-state index in [2.05, 4.69) is 43.4 Å². The van der Waals surface area contributed by atoms with Gasteiger partial charge in [0.15, 0.2) is 0 Å². The van der Waals surface area contributed by atoms with Crippen LogP contribution in [0.25, 0.3) is 22.2 Å². The summed E-state index contributed by atoms with van der Waals surface area (Å²) in [7, 11) is 0.378. The molecule has 48 heavy (non-hydrogen) atoms. The molecular formula is C38H45N4O4PbS. The summed E-state index contributed by atoms with van der Waals surface area (Å²) < 4.78 is 24.9. The van der Waals surface area contributed by atoms with E-state index in [-0.39, 0.29) is 17.1 Å². The number of carbonyl (C=O) groups is 2. The van der Waals surface area contributed by atoms with E-state index in [1.165, 1.54) is 57.6 Å². The Morgan fingerprint density at radius 2 is 1.85 bits per heavy atom. The molecule has 2 amide bonds. The zero-order valence-corrected chi connectivity index (χ0v) is 32.5. The maximum absolute atomic E-state index is 15.2. The number of hydrogen-bond acceptors (Lipinski definition) is 5. The summed E-state index contributed by atoms with van der Waals surface area (Å²) in [5.74, 6) is 2.02. The fourth-order valence-electron chi connectivity index (χ4n) is 9.87. The van der Waals surface area contributed by atoms with E-state index in [0.717, 1.165) is 95.2 Å². The van der Waals surface area contributed by atoms with E-state index >= 15 is 4.79 Å². The third-order valence-electron chi connectivity index (χ3n) is 12.6. The molecule has 0 spiro atoms. The fourth-order valence-corrected chi connectivity index (χ4v) is 11.9. The van der Waals surface area contributed by atoms with Crippen molar-refractivity contribution in [2.24, 2.45) is 11.3 Å². The Morgan fingerprint density at radius 1 is 1.02 bits per heavy atom. The van der Waals surface area contributed by atoms with Gasteiger partial charge >= 0.3 is 209 Å². The predicted molar refractivity (Wildman–Crippen MR) is 189 cm³/mol. The summed E-state index contributed by atoms with van der Waals surface area (Å²) in [6, 6.07) is 12.9. The van der Waals surface area contributed by atoms with Crippen LogP contribution in [0.4, 0.5) is 0 Å². The van der Waals surface area contributed by atoms with Gasteiger partial charge in [-0.15, -0.1) is 0 Å². The van der Waals surface area contributed by atoms with Crippen molar-refractivity contribution in [2.75, 3.05) is 30.8 Å². The first-order valence-corrected chi connectivity index (χ1v) is 22.1. The summed E-state index contributed by atoms with van der Waals surface area (Å²) in [5, 5.41) is 1.27. The zero-order valence-electron chi connectivity index (χ0n) is 27.8. The molecule has 3 aliphatic carbocycles. The van der Waals surface area contributed by atoms with Crippen LogP contribution in [0.15, 0.2) is 36.4 Å². The van der Waals surface area contributed by atoms with E-state index in [9.17, 15) is 9.00 Å². The van der Waals surface area contributed by atoms with Crippen LogP contribution >= 0.6 is 0 Å². The van der Waals surface area contributed by atoms with Crippen molar-refractivity contribution >= 4 is 59.5 Å². The van der Waals surface area contributed by atoms with Crippen molar-refractivity contribution in [1.82, 2.24) is 19.1 Å². The number of carbonyl (C=O) groups excluding carboxylic acids is 2. The topological polar surface area (TPSA) is 83.9 Å². The molecule has 3 radical (unpaired) electrons. The standard InChI is InChI=1S/C38H45N4O4S.Pb/c1-40-20-25-9-6-16-41(33(25)21-40)37(44)38-19-31(38)30-18-26(46-2)11-15-28(30)35-34(23-7-4-3-5-8-23)29-14-10-24(17-32(29)42(35)22-38)36(43)39-47(45)27-12-13-27;/h10-11,14-15,17-18,23,25,27,31,33H,1,3-9,12-13,16,19-22H2,2H3,(H,39,43);. The van der Waals surface area contributed by atoms with Crippen LogP contribution in [-0.4, -0.2) is 98.3 Å². The van der Waals surface area contributed by atoms with Crippen LogP contribution in [0.3, 0.4) is 0 Å². The molecule has 251 valence electrons. The number of piperidine rings is 1. The maximum atomic E-state index is 15.2. The van der Waals surface area contributed by atoms with E-state index in [0.29, 0.717) is 35.9 Å². The van der Waals surface area contributed by atoms with Gasteiger partial charge in [-0.1, -0.05) is 19.3 Å². The molecular weight excluding hydrogens is 816 g/mol. The zero-order chi connectivity index (χ0) is 32.7. The van der Waals surface area contributed by atoms with Crippen LogP contribution in [-0.2, 0) is 22.3 Å². The van der Waals surface area contributed by atoms with Crippen molar-refractivity contribution in [2.45, 2.75) is 93.9 Å². The fraction of sp³-hybridized carbons (Fsp3) is 0.579. The quantitative estimate of drug-likeness (QED) is 0.320. The number of amides is 2. The van der Waals surface area contributed by atoms with Crippen LogP contribution in [0.1, 0.15) is 97.5 Å². The molecule has 5 unspecified atom stereocenters. The number of rotatable bonds is 7. The minimum absolute atomic E-state index is 0.0760. The van der Waals surface area contributed by atoms with Crippen molar-refractivity contribution < 1.29 is 18.5 Å². The van der Waals surface area contributed by atoms with E-state index in [4.69, 9.17) is 4.74 Å². The Hall–Kier alpha value is -2.25. The van der Waals surface area contributed by atoms with Crippen molar-refractivity contribution in [3.05, 3.63) is 53.1 Å². The van der Waals surface area contributed by atoms with Crippen molar-refractivity contribution in [3.63, 3.8) is 0 Å². The second kappa shape index (κ2) is 12.2. The SMILES string of the molecule is COc1ccc2c(c1)C1CC1(C(=O)N1CCCC3CN([CH2][Pb])CC31)Cn1c-2c(C2CCCCC2)c2ccc(C(=O)NS(=O)C3CC3)cc21. The Kier molecular flexibility index (Phi) is 8.07. The summed E-state index contributed by atoms with van der Waals surface area (Å²) in [6.45, 7) is 3.60. The van der Waals surface area contributed by atoms with Gasteiger partial charge in [0.05, 0.1) is 12.4 Å². The molecule has 1 aromatic heterocycles. The van der Waals surface area contributed by atoms with Gasteiger partial charge in [-0.2, -0.15) is 0 Å². The van der Waals surface area contributed by atoms with Crippen molar-refractivity contribution in [1.29, 1.82) is 0 Å². The molecule has 6 aliphatic rings. The average molecular weight is 861 g/mol. The number of hydrogen-bond donors (Lipinski definition) is 1. The second-order valence-corrected chi connectivity index (χ2v) is 18.1. The van der Waals surface area contributed by atoms with Gasteiger partial charge in [0.1, 0.15) is 11.0 Å². The van der Waals surface area contributed by atoms with Crippen LogP contribution in [0, 0.1) is 11.3 Å². The van der Waals surface area contributed by atoms with Crippen LogP contribution < -0.4 is 9.46 Å². The molecule has 3 saturated carbocycles. The van der Waals surface area contributed by atoms with Gasteiger partial charge in [0.2, 0.25) is 0 Å². The average Bonchev–Trinajstić information content (AvgIpc) is 4.03. The number of likely N-dealkylation sites (tertiary alicyclic amines) is 2. The molecule has 2 saturated heterocycles. The molecule has 4 heterocycles. The van der Waals surface area contributed by atoms with E-state index in [1.54, 1.807) is 7.11 Å². The Morgan fingerprint density at radius 3 is 2.62 bits per heavy atom. The Balaban J connectivity index is 1.20. The minimum atomic E-state index is -1.35. The molecule has 3 aliphatic heterocycles. The number of nitrogens with zero attached hydrogens (tertiary/aromatic N) is 3. The first-order chi connectivity index (χ1) is 23.4. The predicted octanol–water partition coefficient (Wildman–Crippen LogP) is 5.46. The van der Waals surface area contributed by atoms with Crippen LogP contribution in [0.2, 0.25) is 0 Å². The third kappa shape index (κ3) is 5.14. The molecule has 5 atom stereocenters. The number of ether oxygens (including phenoxy) is 1. The number of nitrogens with one attached hydrogen (secondary N) is 1. The molecule has 5 fully saturated rings. The molecule has 8 nitrogen and oxygen atoms in total. The normalized spacial score (nSPS) is 29.0. The monoisotopic (exact) mass is 861 g/mol. The van der Waals surface area contributed by atoms with Gasteiger partial charge in [0.25, 0.3) is 5.91 Å². The molecule has 1 N–H and O–H groups in total. The first kappa shape index (κ1) is 31.7. The Labute approximate surface area is 301 Å². The number of fused-ring (bicyclic) bond motifs is 8. The number of benzene rings is 2. The Bertz CT molecular complexity index is 1830. The third-order valence-corrected chi connectivity index (χ3v) is 15.8. The van der Waals surface area contributed by atoms with Crippen molar-refractivity contribution in [3.8, 4) is 17.0 Å². The van der Waals surface area contributed by atoms with E-state index in [1.807, 2.05) is 12.1 Å². The van der Waals surface area contributed by atoms with Gasteiger partial charge in [-0.25, -0.2) is 4.21 Å². The molecule has 3 aromatic rings. The number of aromatic nitrogens is 1. The summed E-state index contributed by atoms with van der Waals surface area (Å²) >= 11 is 1.16. The molecule has 2 aromatic carbocycles. The summed E-state index contributed by atoms with van der Waals surface area (Å²) in [6.07, 6.45) is 11.0. The van der Waals surface area contributed by atoms with Gasteiger partial charge < -0.3 is 0 Å². The van der Waals surface area contributed by atoms with E-state index < -0.39 is 16.4 Å². The first-order valence-electron chi connectivity index (χ1n) is 18.1. The van der Waals surface area contributed by atoms with Gasteiger partial charge in [-0.3, -0.25) is 9.52 Å². The molecule has 10 heteroatoms. The van der Waals surface area contributed by atoms with Gasteiger partial charge in [-0.05, 0) is 31.7 Å². The summed E-state index contributed by atoms with van der Waals surface area (Å²) in [4.78, 5) is 33.5. The molecule has 0 bridgehead atoms. The second-order valence-electron chi connectivity index (χ2n) is 15.4. The van der Waals surface area contributed by atoms with Crippen LogP contribution in [0.5, 0.6) is 5.75 Å². The molecule has 9 rings (SSSR count). The summed E-state index contributed by atoms with van der Waals surface area (Å²) in [5.41, 5.74) is 6.09. The number of methoxy groups -OCH3 is 1. The van der Waals surface area contributed by atoms with Gasteiger partial charge in [0, 0.05) is 0 Å².